The van der Waals surface area contributed by atoms with Crippen LogP contribution in [0.5, 0.6) is 0 Å². The van der Waals surface area contributed by atoms with Crippen LogP contribution in [0.4, 0.5) is 28.4 Å². The molecule has 462 valence electrons. The fraction of sp³-hybridized carbons (Fsp3) is 0.397. The fourth-order valence-electron chi connectivity index (χ4n) is 7.51. The maximum absolute atomic E-state index is 12.3. The highest BCUT2D eigenvalue weighted by Gasteiger charge is 2.27. The van der Waals surface area contributed by atoms with Crippen LogP contribution in [-0.2, 0) is 36.2 Å². The van der Waals surface area contributed by atoms with E-state index < -0.39 is 20.2 Å². The summed E-state index contributed by atoms with van der Waals surface area (Å²) in [5.41, 5.74) is 13.3. The van der Waals surface area contributed by atoms with Crippen LogP contribution in [0.3, 0.4) is 0 Å². The zero-order valence-corrected chi connectivity index (χ0v) is 52.2. The first-order valence-electron chi connectivity index (χ1n) is 25.1. The Morgan fingerprint density at radius 1 is 0.602 bits per heavy atom. The SMILES string of the molecule is C.C.C.C.C.CC(=O)N1c2ccc(N(C)C)cc2Sc2cc(N(C)C)ccc21.CC(C)c1ccc2c(c1)Sc1cc(C(C)C)ccc1C2.CN(C)c1ccc2nc3ccc(=[N+](C)C)cc-3sc2c1.CS(=O)(=O)[O-].CS(=O)(=O)[O-].[3H]CC(C)=O.[Cl-]. The van der Waals surface area contributed by atoms with Crippen LogP contribution in [-0.4, -0.2) is 112 Å². The predicted octanol–water partition coefficient (Wildman–Crippen LogP) is 11.6. The van der Waals surface area contributed by atoms with E-state index in [1.54, 1.807) is 34.9 Å². The number of halogens is 1. The molecular formula is C63H93ClN6O8S5-2. The molecule has 0 fully saturated rings. The molecule has 0 unspecified atom stereocenters. The second-order valence-electron chi connectivity index (χ2n) is 19.8. The monoisotopic (exact) mass is 1260 g/mol. The Hall–Kier alpha value is -5.51. The molecule has 0 saturated carbocycles. The number of ketones is 1. The van der Waals surface area contributed by atoms with Gasteiger partial charge in [0.2, 0.25) is 11.3 Å². The Morgan fingerprint density at radius 3 is 1.35 bits per heavy atom. The van der Waals surface area contributed by atoms with E-state index in [1.807, 2.05) is 52.1 Å². The second-order valence-corrected chi connectivity index (χ2v) is 25.9. The van der Waals surface area contributed by atoms with Crippen molar-refractivity contribution in [2.24, 2.45) is 0 Å². The number of nitrogens with zero attached hydrogens (tertiary/aromatic N) is 6. The van der Waals surface area contributed by atoms with Gasteiger partial charge in [0.1, 0.15) is 19.9 Å². The average molecular weight is 1260 g/mol. The fourth-order valence-corrected chi connectivity index (χ4v) is 10.8. The molecule has 0 spiro atoms. The van der Waals surface area contributed by atoms with Crippen molar-refractivity contribution in [1.29, 1.82) is 0 Å². The van der Waals surface area contributed by atoms with E-state index in [2.05, 4.69) is 172 Å². The minimum atomic E-state index is -3.92. The van der Waals surface area contributed by atoms with E-state index in [9.17, 15) is 9.59 Å². The number of hydrogen-bond donors (Lipinski definition) is 0. The third-order valence-corrected chi connectivity index (χ3v) is 14.8. The number of anilines is 5. The highest BCUT2D eigenvalue weighted by atomic mass is 35.5. The van der Waals surface area contributed by atoms with Crippen LogP contribution in [0.1, 0.15) is 121 Å². The number of aromatic nitrogens is 1. The lowest BCUT2D eigenvalue weighted by Gasteiger charge is -2.32. The first-order valence-corrected chi connectivity index (χ1v) is 30.5. The largest absolute Gasteiger partial charge is 1.00 e. The van der Waals surface area contributed by atoms with Crippen LogP contribution in [0.2, 0.25) is 0 Å². The molecular weight excluding hydrogens is 1160 g/mol. The van der Waals surface area contributed by atoms with Gasteiger partial charge in [0.05, 0.1) is 52.4 Å². The number of rotatable bonds is 5. The summed E-state index contributed by atoms with van der Waals surface area (Å²) < 4.78 is 64.1. The topological polar surface area (TPSA) is 177 Å². The van der Waals surface area contributed by atoms with Crippen molar-refractivity contribution in [3.63, 3.8) is 0 Å². The van der Waals surface area contributed by atoms with Gasteiger partial charge in [-0.05, 0) is 127 Å². The van der Waals surface area contributed by atoms with Gasteiger partial charge in [0.15, 0.2) is 0 Å². The molecule has 0 N–H and O–H groups in total. The molecule has 83 heavy (non-hydrogen) atoms. The zero-order valence-electron chi connectivity index (χ0n) is 48.3. The summed E-state index contributed by atoms with van der Waals surface area (Å²) in [5.74, 6) is 1.15. The molecule has 3 aliphatic heterocycles. The van der Waals surface area contributed by atoms with Crippen LogP contribution in [0, 0.1) is 0 Å². The lowest BCUT2D eigenvalue weighted by Crippen LogP contribution is -3.00. The van der Waals surface area contributed by atoms with Gasteiger partial charge in [-0.2, -0.15) is 0 Å². The number of fused-ring (bicyclic) bond motifs is 6. The highest BCUT2D eigenvalue weighted by molar-refractivity contribution is 8.00. The first-order chi connectivity index (χ1) is 36.2. The van der Waals surface area contributed by atoms with Crippen molar-refractivity contribution in [1.82, 2.24) is 9.56 Å². The first kappa shape index (κ1) is 79.6. The zero-order chi connectivity index (χ0) is 58.6. The Balaban J connectivity index is -0.00000101. The van der Waals surface area contributed by atoms with Gasteiger partial charge in [-0.25, -0.2) is 26.4 Å². The number of carbonyl (C=O) groups is 2. The van der Waals surface area contributed by atoms with Crippen molar-refractivity contribution >= 4 is 105 Å². The number of hydrogen-bond acceptors (Lipinski definition) is 15. The molecule has 0 bridgehead atoms. The molecule has 5 aromatic rings. The number of Topliss-reactive ketones (excluding diaryl/α,β-unsaturated/α-hetero) is 1. The minimum Gasteiger partial charge on any atom is -1.00 e. The number of benzene rings is 6. The Bertz CT molecular complexity index is 3360. The van der Waals surface area contributed by atoms with Crippen LogP contribution in [0.25, 0.3) is 20.8 Å². The molecule has 1 aliphatic carbocycles. The van der Waals surface area contributed by atoms with Gasteiger partial charge in [0.25, 0.3) is 0 Å². The number of carbonyl (C=O) groups excluding carboxylic acids is 2. The summed E-state index contributed by atoms with van der Waals surface area (Å²) in [6, 6.07) is 39.2. The van der Waals surface area contributed by atoms with Gasteiger partial charge in [-0.1, -0.05) is 113 Å². The van der Waals surface area contributed by atoms with E-state index >= 15 is 0 Å². The molecule has 5 aromatic carbocycles. The molecule has 0 saturated heterocycles. The maximum Gasteiger partial charge on any atom is 0.228 e. The smallest absolute Gasteiger partial charge is 0.228 e. The Kier molecular flexibility index (Phi) is 34.2. The van der Waals surface area contributed by atoms with Crippen molar-refractivity contribution in [3.8, 4) is 10.6 Å². The Labute approximate surface area is 520 Å². The molecule has 14 nitrogen and oxygen atoms in total. The molecule has 4 aliphatic rings. The van der Waals surface area contributed by atoms with Crippen LogP contribution >= 0.6 is 34.9 Å². The molecule has 20 heteroatoms. The van der Waals surface area contributed by atoms with E-state index in [0.717, 1.165) is 50.2 Å². The average Bonchev–Trinajstić information content (AvgIpc) is 3.56. The van der Waals surface area contributed by atoms with E-state index in [4.69, 9.17) is 32.3 Å². The minimum absolute atomic E-state index is 0. The van der Waals surface area contributed by atoms with Gasteiger partial charge in [-0.15, -0.1) is 11.3 Å². The molecule has 9 rings (SSSR count). The Morgan fingerprint density at radius 2 is 0.988 bits per heavy atom. The predicted molar refractivity (Wildman–Crippen MR) is 355 cm³/mol. The van der Waals surface area contributed by atoms with E-state index in [1.165, 1.54) is 59.6 Å². The van der Waals surface area contributed by atoms with Gasteiger partial charge in [0, 0.05) is 112 Å². The van der Waals surface area contributed by atoms with Gasteiger partial charge in [-0.3, -0.25) is 9.69 Å². The third kappa shape index (κ3) is 25.7. The molecule has 0 atom stereocenters. The van der Waals surface area contributed by atoms with Crippen LogP contribution < -0.4 is 41.9 Å². The standard InChI is InChI=1S/C19H22S.C18H21N3OS.C16H18N3S.C3H6O.2CH4O3S.5CH4.ClH/c1-12(2)14-5-7-16-9-17-8-6-15(13(3)4)11-19(17)20-18(16)10-14;1-12(22)21-15-8-6-13(19(2)3)10-17(15)23-18-11-14(20(4)5)7-9-16(18)21;1-18(2)11-5-7-13-15(9-11)20-16-10-12(19(3)4)6-8-14(16)17-13;1-3(2)4;2*1-5(2,3)4;;;;;;/h5-8,10-13H,9H2,1-4H3;6-11H,1-5H3;5-10H,1-4H3;1-2H3;2*1H3,(H,2,3,4);5*1H4;1H/q;;+1;;;;;;;;;/p-3/i;;;1T;;;;;;;;. The van der Waals surface area contributed by atoms with Crippen LogP contribution in [0.15, 0.2) is 129 Å². The van der Waals surface area contributed by atoms with E-state index in [-0.39, 0.29) is 68.1 Å². The third-order valence-electron chi connectivity index (χ3n) is 11.4. The highest BCUT2D eigenvalue weighted by Crippen LogP contribution is 2.50. The summed E-state index contributed by atoms with van der Waals surface area (Å²) >= 11 is 5.46. The summed E-state index contributed by atoms with van der Waals surface area (Å²) in [6.07, 6.45) is 2.29. The summed E-state index contributed by atoms with van der Waals surface area (Å²) in [4.78, 5) is 41.0. The second kappa shape index (κ2) is 35.7. The normalized spacial score (nSPS) is 11.2. The number of amides is 1. The molecule has 1 amide bonds. The van der Waals surface area contributed by atoms with Crippen molar-refractivity contribution in [2.45, 2.75) is 123 Å². The van der Waals surface area contributed by atoms with E-state index in [0.29, 0.717) is 24.3 Å². The van der Waals surface area contributed by atoms with Gasteiger partial charge < -0.3 is 41.0 Å². The lowest BCUT2D eigenvalue weighted by atomic mass is 9.96. The van der Waals surface area contributed by atoms with Crippen molar-refractivity contribution in [3.05, 3.63) is 137 Å². The summed E-state index contributed by atoms with van der Waals surface area (Å²) in [6.45, 7) is 12.0. The summed E-state index contributed by atoms with van der Waals surface area (Å²) in [5, 5.41) is 1.21. The van der Waals surface area contributed by atoms with Crippen molar-refractivity contribution in [2.75, 3.05) is 88.5 Å². The van der Waals surface area contributed by atoms with Crippen molar-refractivity contribution < 1.29 is 49.3 Å². The summed E-state index contributed by atoms with van der Waals surface area (Å²) in [7, 11) is 8.50. The quantitative estimate of drug-likeness (QED) is 0.0903. The van der Waals surface area contributed by atoms with Gasteiger partial charge >= 0.3 is 0 Å². The lowest BCUT2D eigenvalue weighted by molar-refractivity contribution is -0.116. The maximum atomic E-state index is 12.3. The molecule has 0 radical (unpaired) electrons. The molecule has 3 heterocycles. The molecule has 0 aromatic heterocycles.